The third kappa shape index (κ3) is 4.75. The molecular weight excluding hydrogens is 286 g/mol. The molecule has 0 bridgehead atoms. The Morgan fingerprint density at radius 2 is 2.12 bits per heavy atom. The number of rotatable bonds is 6. The first-order chi connectivity index (χ1) is 8.00. The Bertz CT molecular complexity index is 382. The third-order valence-corrected chi connectivity index (χ3v) is 3.06. The topological polar surface area (TPSA) is 49.8 Å². The van der Waals surface area contributed by atoms with Crippen molar-refractivity contribution >= 4 is 21.9 Å². The van der Waals surface area contributed by atoms with Crippen molar-refractivity contribution in [3.8, 4) is 5.75 Å². The van der Waals surface area contributed by atoms with Gasteiger partial charge in [-0.2, -0.15) is 0 Å². The second-order valence-corrected chi connectivity index (χ2v) is 4.81. The van der Waals surface area contributed by atoms with E-state index < -0.39 is 5.97 Å². The van der Waals surface area contributed by atoms with Gasteiger partial charge in [-0.25, -0.2) is 0 Å². The molecule has 0 aromatic heterocycles. The molecule has 1 N–H and O–H groups in total. The maximum atomic E-state index is 10.7. The van der Waals surface area contributed by atoms with Gasteiger partial charge in [0.25, 0.3) is 0 Å². The molecule has 1 unspecified atom stereocenters. The number of carboxylic acid groups (broad SMARTS) is 1. The first-order valence-corrected chi connectivity index (χ1v) is 6.05. The van der Waals surface area contributed by atoms with Crippen LogP contribution in [0, 0.1) is 0 Å². The van der Waals surface area contributed by atoms with Gasteiger partial charge in [-0.15, -0.1) is 0 Å². The van der Waals surface area contributed by atoms with Gasteiger partial charge in [-0.1, -0.05) is 12.1 Å². The van der Waals surface area contributed by atoms with Gasteiger partial charge in [0.2, 0.25) is 0 Å². The van der Waals surface area contributed by atoms with Gasteiger partial charge >= 0.3 is 5.97 Å². The number of halogens is 1. The molecule has 0 saturated carbocycles. The molecule has 1 aromatic rings. The molecule has 0 saturated heterocycles. The molecule has 0 fully saturated rings. The lowest BCUT2D eigenvalue weighted by molar-refractivity contribution is -0.138. The number of carbonyl (C=O) groups is 1. The fraction of sp³-hybridized carbons (Fsp3) is 0.417. The summed E-state index contributed by atoms with van der Waals surface area (Å²) in [5.74, 6) is -0.0934. The van der Waals surface area contributed by atoms with E-state index in [1.165, 1.54) is 0 Å². The number of aliphatic carboxylic acids is 1. The number of hydrogen-bond donors (Lipinski definition) is 1. The van der Waals surface area contributed by atoms with E-state index in [4.69, 9.17) is 9.84 Å². The molecule has 1 atom stereocenters. The quantitative estimate of drug-likeness (QED) is 0.875. The molecule has 1 rings (SSSR count). The number of benzene rings is 1. The summed E-state index contributed by atoms with van der Waals surface area (Å²) in [6.07, 6.45) is 0.0669. The van der Waals surface area contributed by atoms with Gasteiger partial charge in [0.1, 0.15) is 12.4 Å². The standard InChI is InChI=1S/C12H16BrNO3/c1-14(2)9(7-12(15)16)8-17-11-6-4-3-5-10(11)13/h3-6,9H,7-8H2,1-2H3,(H,15,16). The molecule has 0 aliphatic heterocycles. The zero-order valence-electron chi connectivity index (χ0n) is 9.89. The van der Waals surface area contributed by atoms with Crippen molar-refractivity contribution in [3.05, 3.63) is 28.7 Å². The van der Waals surface area contributed by atoms with Gasteiger partial charge in [-0.3, -0.25) is 4.79 Å². The summed E-state index contributed by atoms with van der Waals surface area (Å²) < 4.78 is 6.48. The minimum atomic E-state index is -0.820. The molecule has 0 radical (unpaired) electrons. The van der Waals surface area contributed by atoms with Crippen LogP contribution < -0.4 is 4.74 Å². The fourth-order valence-electron chi connectivity index (χ4n) is 1.34. The number of ether oxygens (including phenoxy) is 1. The van der Waals surface area contributed by atoms with Crippen molar-refractivity contribution in [2.75, 3.05) is 20.7 Å². The van der Waals surface area contributed by atoms with Crippen molar-refractivity contribution in [1.82, 2.24) is 4.90 Å². The van der Waals surface area contributed by atoms with E-state index in [1.54, 1.807) is 0 Å². The number of carboxylic acids is 1. The van der Waals surface area contributed by atoms with Gasteiger partial charge in [0, 0.05) is 0 Å². The van der Waals surface area contributed by atoms with Crippen LogP contribution in [0.3, 0.4) is 0 Å². The first kappa shape index (κ1) is 14.0. The van der Waals surface area contributed by atoms with Crippen LogP contribution in [0.15, 0.2) is 28.7 Å². The SMILES string of the molecule is CN(C)C(COc1ccccc1Br)CC(=O)O. The molecular formula is C12H16BrNO3. The van der Waals surface area contributed by atoms with Crippen molar-refractivity contribution in [3.63, 3.8) is 0 Å². The Morgan fingerprint density at radius 1 is 1.47 bits per heavy atom. The molecule has 1 aromatic carbocycles. The highest BCUT2D eigenvalue weighted by atomic mass is 79.9. The van der Waals surface area contributed by atoms with E-state index in [2.05, 4.69) is 15.9 Å². The van der Waals surface area contributed by atoms with Crippen molar-refractivity contribution in [1.29, 1.82) is 0 Å². The summed E-state index contributed by atoms with van der Waals surface area (Å²) in [5.41, 5.74) is 0. The predicted octanol–water partition coefficient (Wildman–Crippen LogP) is 2.23. The van der Waals surface area contributed by atoms with Crippen LogP contribution in [0.4, 0.5) is 0 Å². The van der Waals surface area contributed by atoms with E-state index in [9.17, 15) is 4.79 Å². The minimum absolute atomic E-state index is 0.0669. The Balaban J connectivity index is 2.58. The Labute approximate surface area is 109 Å². The number of likely N-dealkylation sites (N-methyl/N-ethyl adjacent to an activating group) is 1. The third-order valence-electron chi connectivity index (χ3n) is 2.41. The van der Waals surface area contributed by atoms with Crippen molar-refractivity contribution < 1.29 is 14.6 Å². The highest BCUT2D eigenvalue weighted by molar-refractivity contribution is 9.10. The molecule has 5 heteroatoms. The number of para-hydroxylation sites is 1. The summed E-state index contributed by atoms with van der Waals surface area (Å²) in [6, 6.07) is 7.37. The maximum absolute atomic E-state index is 10.7. The number of nitrogens with zero attached hydrogens (tertiary/aromatic N) is 1. The average Bonchev–Trinajstić information content (AvgIpc) is 2.25. The first-order valence-electron chi connectivity index (χ1n) is 5.26. The van der Waals surface area contributed by atoms with Gasteiger partial charge in [-0.05, 0) is 42.2 Å². The van der Waals surface area contributed by atoms with Crippen LogP contribution in [0.25, 0.3) is 0 Å². The van der Waals surface area contributed by atoms with E-state index in [-0.39, 0.29) is 12.5 Å². The van der Waals surface area contributed by atoms with Crippen LogP contribution in [0.2, 0.25) is 0 Å². The summed E-state index contributed by atoms with van der Waals surface area (Å²) >= 11 is 3.38. The predicted molar refractivity (Wildman–Crippen MR) is 69.4 cm³/mol. The van der Waals surface area contributed by atoms with Gasteiger partial charge in [0.05, 0.1) is 16.9 Å². The van der Waals surface area contributed by atoms with Crippen LogP contribution >= 0.6 is 15.9 Å². The molecule has 17 heavy (non-hydrogen) atoms. The highest BCUT2D eigenvalue weighted by Crippen LogP contribution is 2.24. The molecule has 94 valence electrons. The second kappa shape index (κ2) is 6.61. The molecule has 0 heterocycles. The molecule has 0 amide bonds. The summed E-state index contributed by atoms with van der Waals surface area (Å²) in [6.45, 7) is 0.349. The average molecular weight is 302 g/mol. The highest BCUT2D eigenvalue weighted by Gasteiger charge is 2.16. The second-order valence-electron chi connectivity index (χ2n) is 3.96. The van der Waals surface area contributed by atoms with E-state index in [0.29, 0.717) is 6.61 Å². The van der Waals surface area contributed by atoms with Crippen LogP contribution in [0.5, 0.6) is 5.75 Å². The maximum Gasteiger partial charge on any atom is 0.305 e. The molecule has 4 nitrogen and oxygen atoms in total. The lowest BCUT2D eigenvalue weighted by Crippen LogP contribution is -2.35. The monoisotopic (exact) mass is 301 g/mol. The van der Waals surface area contributed by atoms with Crippen LogP contribution in [-0.4, -0.2) is 42.7 Å². The summed E-state index contributed by atoms with van der Waals surface area (Å²) in [4.78, 5) is 12.6. The van der Waals surface area contributed by atoms with Gasteiger partial charge < -0.3 is 14.7 Å². The Morgan fingerprint density at radius 3 is 2.65 bits per heavy atom. The van der Waals surface area contributed by atoms with E-state index in [0.717, 1.165) is 10.2 Å². The van der Waals surface area contributed by atoms with Gasteiger partial charge in [0.15, 0.2) is 0 Å². The van der Waals surface area contributed by atoms with Crippen molar-refractivity contribution in [2.45, 2.75) is 12.5 Å². The van der Waals surface area contributed by atoms with Crippen LogP contribution in [0.1, 0.15) is 6.42 Å². The lowest BCUT2D eigenvalue weighted by Gasteiger charge is -2.23. The Hall–Kier alpha value is -1.07. The zero-order chi connectivity index (χ0) is 12.8. The minimum Gasteiger partial charge on any atom is -0.491 e. The molecule has 0 spiro atoms. The number of hydrogen-bond acceptors (Lipinski definition) is 3. The van der Waals surface area contributed by atoms with Crippen LogP contribution in [-0.2, 0) is 4.79 Å². The molecule has 0 aliphatic carbocycles. The molecule has 0 aliphatic rings. The summed E-state index contributed by atoms with van der Waals surface area (Å²) in [7, 11) is 3.69. The lowest BCUT2D eigenvalue weighted by atomic mass is 10.2. The van der Waals surface area contributed by atoms with E-state index >= 15 is 0 Å². The smallest absolute Gasteiger partial charge is 0.305 e. The largest absolute Gasteiger partial charge is 0.491 e. The fourth-order valence-corrected chi connectivity index (χ4v) is 1.74. The summed E-state index contributed by atoms with van der Waals surface area (Å²) in [5, 5.41) is 8.79. The normalized spacial score (nSPS) is 12.5. The zero-order valence-corrected chi connectivity index (χ0v) is 11.5. The van der Waals surface area contributed by atoms with Crippen molar-refractivity contribution in [2.24, 2.45) is 0 Å². The van der Waals surface area contributed by atoms with E-state index in [1.807, 2.05) is 43.3 Å². The Kier molecular flexibility index (Phi) is 5.44.